The number of benzene rings is 1. The van der Waals surface area contributed by atoms with Crippen LogP contribution in [0.3, 0.4) is 0 Å². The van der Waals surface area contributed by atoms with E-state index in [1.807, 2.05) is 18.2 Å². The Bertz CT molecular complexity index is 621. The van der Waals surface area contributed by atoms with Crippen LogP contribution >= 0.6 is 0 Å². The van der Waals surface area contributed by atoms with E-state index in [9.17, 15) is 8.42 Å². The lowest BCUT2D eigenvalue weighted by molar-refractivity contribution is 0.383. The standard InChI is InChI=1S/C17H25NO3S/c1-21-17-9-5-8-14-15(17)10-11-16(14)18-22(19,20)12-13-6-3-2-4-7-13/h5,8-9,13,16,18H,2-4,6-7,10-12H2,1H3/t16-/m1/s1. The van der Waals surface area contributed by atoms with Gasteiger partial charge in [-0.1, -0.05) is 31.4 Å². The summed E-state index contributed by atoms with van der Waals surface area (Å²) in [7, 11) is -1.55. The van der Waals surface area contributed by atoms with Crippen molar-refractivity contribution >= 4 is 10.0 Å². The zero-order valence-corrected chi connectivity index (χ0v) is 14.0. The second-order valence-electron chi connectivity index (χ2n) is 6.52. The van der Waals surface area contributed by atoms with Crippen LogP contribution in [0.25, 0.3) is 0 Å². The Labute approximate surface area is 133 Å². The number of hydrogen-bond acceptors (Lipinski definition) is 3. The smallest absolute Gasteiger partial charge is 0.212 e. The highest BCUT2D eigenvalue weighted by Crippen LogP contribution is 2.37. The van der Waals surface area contributed by atoms with Crippen molar-refractivity contribution in [3.8, 4) is 5.75 Å². The summed E-state index contributed by atoms with van der Waals surface area (Å²) in [5, 5.41) is 0. The first-order valence-corrected chi connectivity index (χ1v) is 9.90. The Morgan fingerprint density at radius 1 is 1.18 bits per heavy atom. The largest absolute Gasteiger partial charge is 0.496 e. The number of sulfonamides is 1. The minimum absolute atomic E-state index is 0.0984. The van der Waals surface area contributed by atoms with Gasteiger partial charge in [-0.15, -0.1) is 0 Å². The van der Waals surface area contributed by atoms with E-state index >= 15 is 0 Å². The predicted molar refractivity (Wildman–Crippen MR) is 87.6 cm³/mol. The van der Waals surface area contributed by atoms with Crippen LogP contribution in [0.15, 0.2) is 18.2 Å². The zero-order chi connectivity index (χ0) is 15.6. The second-order valence-corrected chi connectivity index (χ2v) is 8.32. The number of hydrogen-bond donors (Lipinski definition) is 1. The molecule has 0 spiro atoms. The average molecular weight is 323 g/mol. The van der Waals surface area contributed by atoms with Gasteiger partial charge in [0.25, 0.3) is 0 Å². The SMILES string of the molecule is COc1cccc2c1CC[C@H]2NS(=O)(=O)CC1CCCCC1. The van der Waals surface area contributed by atoms with E-state index in [0.717, 1.165) is 42.6 Å². The predicted octanol–water partition coefficient (Wildman–Crippen LogP) is 3.18. The van der Waals surface area contributed by atoms with Crippen LogP contribution in [0, 0.1) is 5.92 Å². The molecule has 2 aliphatic rings. The van der Waals surface area contributed by atoms with Crippen LogP contribution in [0.2, 0.25) is 0 Å². The number of methoxy groups -OCH3 is 1. The van der Waals surface area contributed by atoms with Crippen molar-refractivity contribution in [3.63, 3.8) is 0 Å². The molecule has 1 saturated carbocycles. The summed E-state index contributed by atoms with van der Waals surface area (Å²) < 4.78 is 33.3. The molecule has 0 aromatic heterocycles. The van der Waals surface area contributed by atoms with E-state index in [0.29, 0.717) is 5.92 Å². The summed E-state index contributed by atoms with van der Waals surface area (Å²) in [6.45, 7) is 0. The van der Waals surface area contributed by atoms with Crippen LogP contribution in [0.5, 0.6) is 5.75 Å². The Kier molecular flexibility index (Phi) is 4.73. The Morgan fingerprint density at radius 3 is 2.68 bits per heavy atom. The minimum atomic E-state index is -3.22. The first-order valence-electron chi connectivity index (χ1n) is 8.25. The molecule has 3 rings (SSSR count). The highest BCUT2D eigenvalue weighted by atomic mass is 32.2. The van der Waals surface area contributed by atoms with Gasteiger partial charge in [-0.25, -0.2) is 13.1 Å². The lowest BCUT2D eigenvalue weighted by Gasteiger charge is -2.23. The molecule has 1 fully saturated rings. The van der Waals surface area contributed by atoms with E-state index in [1.165, 1.54) is 19.3 Å². The van der Waals surface area contributed by atoms with Crippen molar-refractivity contribution < 1.29 is 13.2 Å². The third-order valence-corrected chi connectivity index (χ3v) is 6.50. The van der Waals surface area contributed by atoms with Crippen molar-refractivity contribution in [2.75, 3.05) is 12.9 Å². The third kappa shape index (κ3) is 3.46. The molecule has 22 heavy (non-hydrogen) atoms. The lowest BCUT2D eigenvalue weighted by Crippen LogP contribution is -2.33. The summed E-state index contributed by atoms with van der Waals surface area (Å²) in [6.07, 6.45) is 7.38. The maximum Gasteiger partial charge on any atom is 0.212 e. The van der Waals surface area contributed by atoms with Gasteiger partial charge in [-0.2, -0.15) is 0 Å². The fourth-order valence-corrected chi connectivity index (χ4v) is 5.59. The molecule has 122 valence electrons. The van der Waals surface area contributed by atoms with Crippen LogP contribution < -0.4 is 9.46 Å². The fraction of sp³-hybridized carbons (Fsp3) is 0.647. The third-order valence-electron chi connectivity index (χ3n) is 4.95. The molecule has 1 atom stereocenters. The number of ether oxygens (including phenoxy) is 1. The van der Waals surface area contributed by atoms with Crippen LogP contribution in [-0.2, 0) is 16.4 Å². The van der Waals surface area contributed by atoms with Gasteiger partial charge in [0.2, 0.25) is 10.0 Å². The van der Waals surface area contributed by atoms with Gasteiger partial charge in [0.15, 0.2) is 0 Å². The Hall–Kier alpha value is -1.07. The highest BCUT2D eigenvalue weighted by Gasteiger charge is 2.30. The number of fused-ring (bicyclic) bond motifs is 1. The van der Waals surface area contributed by atoms with Gasteiger partial charge in [-0.05, 0) is 48.8 Å². The molecule has 1 aromatic carbocycles. The van der Waals surface area contributed by atoms with Gasteiger partial charge < -0.3 is 4.74 Å². The molecule has 0 radical (unpaired) electrons. The van der Waals surface area contributed by atoms with Crippen molar-refractivity contribution in [2.45, 2.75) is 51.0 Å². The number of nitrogens with one attached hydrogen (secondary N) is 1. The van der Waals surface area contributed by atoms with Gasteiger partial charge in [0.05, 0.1) is 12.9 Å². The maximum atomic E-state index is 12.5. The van der Waals surface area contributed by atoms with Gasteiger partial charge in [-0.3, -0.25) is 0 Å². The zero-order valence-electron chi connectivity index (χ0n) is 13.2. The van der Waals surface area contributed by atoms with Crippen molar-refractivity contribution in [2.24, 2.45) is 5.92 Å². The molecule has 1 aromatic rings. The van der Waals surface area contributed by atoms with Crippen molar-refractivity contribution in [3.05, 3.63) is 29.3 Å². The van der Waals surface area contributed by atoms with Gasteiger partial charge >= 0.3 is 0 Å². The van der Waals surface area contributed by atoms with E-state index in [-0.39, 0.29) is 11.8 Å². The average Bonchev–Trinajstić information content (AvgIpc) is 2.90. The summed E-state index contributed by atoms with van der Waals surface area (Å²) in [4.78, 5) is 0. The monoisotopic (exact) mass is 323 g/mol. The van der Waals surface area contributed by atoms with E-state index < -0.39 is 10.0 Å². The quantitative estimate of drug-likeness (QED) is 0.905. The molecule has 0 amide bonds. The van der Waals surface area contributed by atoms with Gasteiger partial charge in [0.1, 0.15) is 5.75 Å². The molecule has 5 heteroatoms. The summed E-state index contributed by atoms with van der Waals surface area (Å²) in [5.74, 6) is 1.48. The summed E-state index contributed by atoms with van der Waals surface area (Å²) in [6, 6.07) is 5.79. The molecule has 1 N–H and O–H groups in total. The van der Waals surface area contributed by atoms with E-state index in [1.54, 1.807) is 7.11 Å². The normalized spacial score (nSPS) is 22.5. The molecule has 2 aliphatic carbocycles. The van der Waals surface area contributed by atoms with Gasteiger partial charge in [0, 0.05) is 6.04 Å². The summed E-state index contributed by atoms with van der Waals surface area (Å²) >= 11 is 0. The molecule has 0 aliphatic heterocycles. The summed E-state index contributed by atoms with van der Waals surface area (Å²) in [5.41, 5.74) is 2.22. The van der Waals surface area contributed by atoms with E-state index in [2.05, 4.69) is 4.72 Å². The van der Waals surface area contributed by atoms with Crippen molar-refractivity contribution in [1.82, 2.24) is 4.72 Å². The maximum absolute atomic E-state index is 12.5. The molecular formula is C17H25NO3S. The lowest BCUT2D eigenvalue weighted by atomic mass is 9.91. The minimum Gasteiger partial charge on any atom is -0.496 e. The molecular weight excluding hydrogens is 298 g/mol. The fourth-order valence-electron chi connectivity index (χ4n) is 3.86. The Morgan fingerprint density at radius 2 is 1.95 bits per heavy atom. The highest BCUT2D eigenvalue weighted by molar-refractivity contribution is 7.89. The molecule has 0 bridgehead atoms. The van der Waals surface area contributed by atoms with Crippen LogP contribution in [0.4, 0.5) is 0 Å². The molecule has 0 saturated heterocycles. The second kappa shape index (κ2) is 6.59. The van der Waals surface area contributed by atoms with E-state index in [4.69, 9.17) is 4.74 Å². The Balaban J connectivity index is 1.69. The van der Waals surface area contributed by atoms with Crippen molar-refractivity contribution in [1.29, 1.82) is 0 Å². The van der Waals surface area contributed by atoms with Crippen LogP contribution in [-0.4, -0.2) is 21.3 Å². The van der Waals surface area contributed by atoms with Crippen LogP contribution in [0.1, 0.15) is 55.7 Å². The topological polar surface area (TPSA) is 55.4 Å². The molecule has 0 unspecified atom stereocenters. The first-order chi connectivity index (χ1) is 10.6. The number of rotatable bonds is 5. The molecule has 4 nitrogen and oxygen atoms in total. The first kappa shape index (κ1) is 15.8. The molecule has 0 heterocycles.